The van der Waals surface area contributed by atoms with Crippen LogP contribution < -0.4 is 5.73 Å². The molecule has 0 atom stereocenters. The summed E-state index contributed by atoms with van der Waals surface area (Å²) in [6.07, 6.45) is 9.63. The monoisotopic (exact) mass is 371 g/mol. The first kappa shape index (κ1) is 21.1. The molecule has 3 heteroatoms. The molecule has 0 aliphatic heterocycles. The average molecular weight is 372 g/mol. The molecule has 0 bridgehead atoms. The van der Waals surface area contributed by atoms with Crippen molar-refractivity contribution in [3.63, 3.8) is 0 Å². The maximum absolute atomic E-state index is 6.20. The van der Waals surface area contributed by atoms with E-state index in [1.807, 2.05) is 55.5 Å². The minimum atomic E-state index is 0.466. The first-order chi connectivity index (χ1) is 13.6. The minimum Gasteiger partial charge on any atom is -0.399 e. The Morgan fingerprint density at radius 3 is 2.43 bits per heavy atom. The van der Waals surface area contributed by atoms with E-state index in [1.54, 1.807) is 6.20 Å². The van der Waals surface area contributed by atoms with E-state index in [4.69, 9.17) is 10.7 Å². The fourth-order valence-corrected chi connectivity index (χ4v) is 2.74. The summed E-state index contributed by atoms with van der Waals surface area (Å²) >= 11 is 0. The van der Waals surface area contributed by atoms with Gasteiger partial charge in [0, 0.05) is 29.5 Å². The van der Waals surface area contributed by atoms with E-state index in [0.29, 0.717) is 12.1 Å². The van der Waals surface area contributed by atoms with Crippen molar-refractivity contribution in [1.29, 1.82) is 0 Å². The zero-order valence-corrected chi connectivity index (χ0v) is 17.0. The lowest BCUT2D eigenvalue weighted by Crippen LogP contribution is -2.05. The minimum absolute atomic E-state index is 0.466. The normalized spacial score (nSPS) is 13.5. The average Bonchev–Trinajstić information content (AvgIpc) is 2.72. The van der Waals surface area contributed by atoms with Crippen LogP contribution in [-0.4, -0.2) is 10.7 Å². The predicted octanol–water partition coefficient (Wildman–Crippen LogP) is 6.08. The number of aliphatic imine (C=N–C) groups is 1. The first-order valence-corrected chi connectivity index (χ1v) is 9.58. The summed E-state index contributed by atoms with van der Waals surface area (Å²) in [5.41, 5.74) is 12.3. The topological polar surface area (TPSA) is 51.3 Å². The van der Waals surface area contributed by atoms with Gasteiger partial charge in [-0.15, -0.1) is 0 Å². The summed E-state index contributed by atoms with van der Waals surface area (Å²) < 4.78 is 0. The van der Waals surface area contributed by atoms with Crippen LogP contribution in [0.5, 0.6) is 0 Å². The van der Waals surface area contributed by atoms with Gasteiger partial charge in [0.15, 0.2) is 0 Å². The first-order valence-electron chi connectivity index (χ1n) is 9.58. The Morgan fingerprint density at radius 1 is 1.14 bits per heavy atom. The van der Waals surface area contributed by atoms with E-state index in [1.165, 1.54) is 5.57 Å². The number of pyridine rings is 1. The van der Waals surface area contributed by atoms with E-state index < -0.39 is 0 Å². The number of hydrogen-bond acceptors (Lipinski definition) is 3. The van der Waals surface area contributed by atoms with Gasteiger partial charge in [-0.2, -0.15) is 0 Å². The van der Waals surface area contributed by atoms with Crippen LogP contribution in [0.25, 0.3) is 5.57 Å². The van der Waals surface area contributed by atoms with Gasteiger partial charge in [0.25, 0.3) is 0 Å². The number of nitrogens with two attached hydrogens (primary N) is 1. The molecular weight excluding hydrogens is 342 g/mol. The number of hydrogen-bond donors (Lipinski definition) is 1. The van der Waals surface area contributed by atoms with Crippen LogP contribution in [0.15, 0.2) is 101 Å². The van der Waals surface area contributed by atoms with E-state index in [9.17, 15) is 0 Å². The van der Waals surface area contributed by atoms with Crippen molar-refractivity contribution in [2.24, 2.45) is 10.7 Å². The Labute approximate surface area is 168 Å². The molecule has 0 saturated carbocycles. The molecule has 3 nitrogen and oxygen atoms in total. The van der Waals surface area contributed by atoms with E-state index in [-0.39, 0.29) is 0 Å². The molecule has 2 N–H and O–H groups in total. The lowest BCUT2D eigenvalue weighted by molar-refractivity contribution is 1.05. The Kier molecular flexibility index (Phi) is 8.16. The molecule has 2 aromatic rings. The molecule has 2 rings (SSSR count). The molecular formula is C25H29N3. The van der Waals surface area contributed by atoms with Crippen LogP contribution in [0.3, 0.4) is 0 Å². The molecule has 0 aliphatic rings. The van der Waals surface area contributed by atoms with Gasteiger partial charge in [-0.25, -0.2) is 0 Å². The van der Waals surface area contributed by atoms with E-state index in [0.717, 1.165) is 34.7 Å². The molecule has 0 spiro atoms. The van der Waals surface area contributed by atoms with Crippen molar-refractivity contribution in [3.8, 4) is 0 Å². The van der Waals surface area contributed by atoms with Gasteiger partial charge in [0.05, 0.1) is 17.1 Å². The standard InChI is InChI=1S/C25H29N3/c1-5-12-22(21-13-8-7-9-14-21)28-24(17-16-19(3)6-2)25(20(4)26)23-15-10-11-18-27-23/h5,7-16,18H,4,6,17,26H2,1-3H3/b12-5-,19-16+,25-24-,28-22-. The summed E-state index contributed by atoms with van der Waals surface area (Å²) in [6, 6.07) is 15.9. The van der Waals surface area contributed by atoms with E-state index >= 15 is 0 Å². The third kappa shape index (κ3) is 5.92. The zero-order chi connectivity index (χ0) is 20.4. The number of rotatable bonds is 8. The van der Waals surface area contributed by atoms with Gasteiger partial charge >= 0.3 is 0 Å². The Bertz CT molecular complexity index is 901. The Morgan fingerprint density at radius 2 is 1.86 bits per heavy atom. The molecule has 0 aliphatic carbocycles. The second-order valence-corrected chi connectivity index (χ2v) is 6.53. The highest BCUT2D eigenvalue weighted by atomic mass is 14.8. The predicted molar refractivity (Wildman–Crippen MR) is 121 cm³/mol. The highest BCUT2D eigenvalue weighted by Crippen LogP contribution is 2.26. The SMILES string of the molecule is C=C(N)/C(=C(C/C=C(\C)CC)/N=C(/C=C\C)c1ccccc1)c1ccccn1. The van der Waals surface area contributed by atoms with Crippen LogP contribution in [0, 0.1) is 0 Å². The van der Waals surface area contributed by atoms with Crippen molar-refractivity contribution < 1.29 is 0 Å². The fraction of sp³-hybridized carbons (Fsp3) is 0.200. The van der Waals surface area contributed by atoms with Crippen molar-refractivity contribution in [1.82, 2.24) is 4.98 Å². The van der Waals surface area contributed by atoms with Gasteiger partial charge in [0.2, 0.25) is 0 Å². The van der Waals surface area contributed by atoms with Crippen LogP contribution in [-0.2, 0) is 0 Å². The molecule has 1 heterocycles. The Hall–Kier alpha value is -3.20. The van der Waals surface area contributed by atoms with Gasteiger partial charge in [-0.1, -0.05) is 67.6 Å². The van der Waals surface area contributed by atoms with Gasteiger partial charge < -0.3 is 5.73 Å². The molecule has 1 aromatic carbocycles. The second kappa shape index (κ2) is 10.8. The number of benzene rings is 1. The molecule has 1 aromatic heterocycles. The van der Waals surface area contributed by atoms with Crippen LogP contribution in [0.2, 0.25) is 0 Å². The molecule has 0 radical (unpaired) electrons. The van der Waals surface area contributed by atoms with Crippen LogP contribution >= 0.6 is 0 Å². The third-order valence-electron chi connectivity index (χ3n) is 4.38. The maximum atomic E-state index is 6.20. The second-order valence-electron chi connectivity index (χ2n) is 6.53. The maximum Gasteiger partial charge on any atom is 0.0740 e. The summed E-state index contributed by atoms with van der Waals surface area (Å²) in [5, 5.41) is 0. The summed E-state index contributed by atoms with van der Waals surface area (Å²) in [4.78, 5) is 9.51. The Balaban J connectivity index is 2.71. The fourth-order valence-electron chi connectivity index (χ4n) is 2.74. The van der Waals surface area contributed by atoms with Crippen LogP contribution in [0.4, 0.5) is 0 Å². The molecule has 0 fully saturated rings. The largest absolute Gasteiger partial charge is 0.399 e. The van der Waals surface area contributed by atoms with Gasteiger partial charge in [-0.05, 0) is 38.5 Å². The summed E-state index contributed by atoms with van der Waals surface area (Å²) in [6.45, 7) is 10.3. The van der Waals surface area contributed by atoms with Crippen molar-refractivity contribution in [2.45, 2.75) is 33.6 Å². The lowest BCUT2D eigenvalue weighted by atomic mass is 10.0. The molecule has 28 heavy (non-hydrogen) atoms. The summed E-state index contributed by atoms with van der Waals surface area (Å²) in [7, 11) is 0. The highest BCUT2D eigenvalue weighted by molar-refractivity contribution is 6.09. The lowest BCUT2D eigenvalue weighted by Gasteiger charge is -2.13. The quantitative estimate of drug-likeness (QED) is 0.347. The van der Waals surface area contributed by atoms with Crippen molar-refractivity contribution in [3.05, 3.63) is 108 Å². The number of aromatic nitrogens is 1. The molecule has 0 amide bonds. The van der Waals surface area contributed by atoms with E-state index in [2.05, 4.69) is 43.6 Å². The van der Waals surface area contributed by atoms with Crippen LogP contribution in [0.1, 0.15) is 44.9 Å². The van der Waals surface area contributed by atoms with Crippen molar-refractivity contribution >= 4 is 11.3 Å². The molecule has 144 valence electrons. The smallest absolute Gasteiger partial charge is 0.0740 e. The van der Waals surface area contributed by atoms with Gasteiger partial charge in [-0.3, -0.25) is 9.98 Å². The number of allylic oxidation sites excluding steroid dienone is 5. The summed E-state index contributed by atoms with van der Waals surface area (Å²) in [5.74, 6) is 0. The highest BCUT2D eigenvalue weighted by Gasteiger charge is 2.13. The van der Waals surface area contributed by atoms with Gasteiger partial charge in [0.1, 0.15) is 0 Å². The zero-order valence-electron chi connectivity index (χ0n) is 17.0. The third-order valence-corrected chi connectivity index (χ3v) is 4.38. The molecule has 0 saturated heterocycles. The number of nitrogens with zero attached hydrogens (tertiary/aromatic N) is 2. The molecule has 0 unspecified atom stereocenters. The van der Waals surface area contributed by atoms with Crippen molar-refractivity contribution in [2.75, 3.05) is 0 Å².